The molecule has 0 unspecified atom stereocenters. The van der Waals surface area contributed by atoms with Crippen LogP contribution in [0.2, 0.25) is 0 Å². The first-order valence-electron chi connectivity index (χ1n) is 12.6. The minimum atomic E-state index is -0.206. The maximum Gasteiger partial charge on any atom is 0.169 e. The van der Waals surface area contributed by atoms with E-state index in [4.69, 9.17) is 4.74 Å². The van der Waals surface area contributed by atoms with E-state index in [1.807, 2.05) is 24.3 Å². The minimum absolute atomic E-state index is 0.127. The van der Waals surface area contributed by atoms with Crippen molar-refractivity contribution in [3.63, 3.8) is 0 Å². The molecule has 4 aliphatic rings. The van der Waals surface area contributed by atoms with Crippen LogP contribution in [0, 0.1) is 10.8 Å². The Morgan fingerprint density at radius 3 is 1.63 bits per heavy atom. The van der Waals surface area contributed by atoms with Gasteiger partial charge in [0.2, 0.25) is 0 Å². The topological polar surface area (TPSA) is 63.6 Å². The van der Waals surface area contributed by atoms with E-state index in [1.54, 1.807) is 7.11 Å². The highest BCUT2D eigenvalue weighted by molar-refractivity contribution is 9.10. The third-order valence-electron chi connectivity index (χ3n) is 8.79. The van der Waals surface area contributed by atoms with Crippen LogP contribution in [0.4, 0.5) is 0 Å². The number of methoxy groups -OCH3 is 1. The SMILES string of the molecule is COC1CCC2(CC1)Cc1ccc(Br)cc1C2=O.O=C1c2cc(Br)ccc2CC12CCC(O)CC2. The van der Waals surface area contributed by atoms with E-state index < -0.39 is 0 Å². The molecule has 0 saturated heterocycles. The first-order valence-corrected chi connectivity index (χ1v) is 14.2. The number of aliphatic hydroxyl groups excluding tert-OH is 1. The van der Waals surface area contributed by atoms with Crippen LogP contribution in [0.25, 0.3) is 0 Å². The molecule has 6 heteroatoms. The van der Waals surface area contributed by atoms with Crippen LogP contribution in [0.3, 0.4) is 0 Å². The van der Waals surface area contributed by atoms with Crippen LogP contribution in [0.15, 0.2) is 45.3 Å². The van der Waals surface area contributed by atoms with E-state index in [2.05, 4.69) is 44.0 Å². The molecule has 2 aromatic rings. The monoisotopic (exact) mass is 602 g/mol. The van der Waals surface area contributed by atoms with Crippen molar-refractivity contribution in [3.05, 3.63) is 67.6 Å². The number of ether oxygens (including phenoxy) is 1. The molecule has 0 amide bonds. The summed E-state index contributed by atoms with van der Waals surface area (Å²) < 4.78 is 7.37. The molecule has 1 N–H and O–H groups in total. The van der Waals surface area contributed by atoms with Gasteiger partial charge in [0.15, 0.2) is 11.6 Å². The van der Waals surface area contributed by atoms with Crippen molar-refractivity contribution >= 4 is 43.4 Å². The summed E-state index contributed by atoms with van der Waals surface area (Å²) in [4.78, 5) is 25.2. The van der Waals surface area contributed by atoms with Crippen molar-refractivity contribution < 1.29 is 19.4 Å². The van der Waals surface area contributed by atoms with E-state index in [9.17, 15) is 14.7 Å². The molecule has 6 rings (SSSR count). The second-order valence-electron chi connectivity index (χ2n) is 10.8. The summed E-state index contributed by atoms with van der Waals surface area (Å²) in [6, 6.07) is 12.1. The molecule has 0 radical (unpaired) electrons. The number of rotatable bonds is 1. The van der Waals surface area contributed by atoms with E-state index in [-0.39, 0.29) is 16.9 Å². The van der Waals surface area contributed by atoms with Gasteiger partial charge in [0, 0.05) is 38.0 Å². The first kappa shape index (κ1) is 25.3. The zero-order chi connectivity index (χ0) is 24.8. The molecule has 186 valence electrons. The van der Waals surface area contributed by atoms with Gasteiger partial charge in [-0.25, -0.2) is 0 Å². The van der Waals surface area contributed by atoms with Crippen molar-refractivity contribution in [2.45, 2.75) is 76.4 Å². The first-order chi connectivity index (χ1) is 16.7. The van der Waals surface area contributed by atoms with Crippen LogP contribution >= 0.6 is 31.9 Å². The van der Waals surface area contributed by atoms with Crippen LogP contribution in [-0.4, -0.2) is 36.0 Å². The number of hydrogen-bond acceptors (Lipinski definition) is 4. The number of carbonyl (C=O) groups is 2. The maximum atomic E-state index is 12.7. The third-order valence-corrected chi connectivity index (χ3v) is 9.78. The second kappa shape index (κ2) is 9.85. The summed E-state index contributed by atoms with van der Waals surface area (Å²) in [6.07, 6.45) is 9.08. The average Bonchev–Trinajstić information content (AvgIpc) is 3.28. The van der Waals surface area contributed by atoms with Crippen molar-refractivity contribution in [1.29, 1.82) is 0 Å². The van der Waals surface area contributed by atoms with Gasteiger partial charge in [0.1, 0.15) is 0 Å². The van der Waals surface area contributed by atoms with Crippen molar-refractivity contribution in [2.24, 2.45) is 10.8 Å². The molecule has 0 aliphatic heterocycles. The average molecular weight is 604 g/mol. The molecular formula is C29H32Br2O4. The van der Waals surface area contributed by atoms with Gasteiger partial charge in [0.25, 0.3) is 0 Å². The van der Waals surface area contributed by atoms with Gasteiger partial charge >= 0.3 is 0 Å². The zero-order valence-corrected chi connectivity index (χ0v) is 23.3. The van der Waals surface area contributed by atoms with Gasteiger partial charge in [-0.05, 0) is 99.6 Å². The highest BCUT2D eigenvalue weighted by Gasteiger charge is 2.48. The van der Waals surface area contributed by atoms with Gasteiger partial charge in [-0.2, -0.15) is 0 Å². The van der Waals surface area contributed by atoms with Gasteiger partial charge in [0.05, 0.1) is 12.2 Å². The third kappa shape index (κ3) is 4.72. The fourth-order valence-corrected chi connectivity index (χ4v) is 7.35. The molecular weight excluding hydrogens is 572 g/mol. The Kier molecular flexibility index (Phi) is 7.12. The maximum absolute atomic E-state index is 12.7. The van der Waals surface area contributed by atoms with Crippen LogP contribution in [-0.2, 0) is 17.6 Å². The predicted molar refractivity (Wildman–Crippen MR) is 143 cm³/mol. The van der Waals surface area contributed by atoms with E-state index in [0.717, 1.165) is 84.3 Å². The van der Waals surface area contributed by atoms with Crippen LogP contribution in [0.1, 0.15) is 83.2 Å². The molecule has 35 heavy (non-hydrogen) atoms. The summed E-state index contributed by atoms with van der Waals surface area (Å²) in [5.74, 6) is 0.647. The lowest BCUT2D eigenvalue weighted by Gasteiger charge is -2.35. The lowest BCUT2D eigenvalue weighted by molar-refractivity contribution is 0.0285. The fraction of sp³-hybridized carbons (Fsp3) is 0.517. The summed E-state index contributed by atoms with van der Waals surface area (Å²) >= 11 is 6.88. The molecule has 2 spiro atoms. The summed E-state index contributed by atoms with van der Waals surface area (Å²) in [6.45, 7) is 0. The van der Waals surface area contributed by atoms with Crippen molar-refractivity contribution in [2.75, 3.05) is 7.11 Å². The number of carbonyl (C=O) groups excluding carboxylic acids is 2. The second-order valence-corrected chi connectivity index (χ2v) is 12.7. The quantitative estimate of drug-likeness (QED) is 0.386. The van der Waals surface area contributed by atoms with Crippen LogP contribution < -0.4 is 0 Å². The number of benzene rings is 2. The normalized spacial score (nSPS) is 31.3. The molecule has 0 aromatic heterocycles. The molecule has 0 bridgehead atoms. The molecule has 0 heterocycles. The summed E-state index contributed by atoms with van der Waals surface area (Å²) in [5.41, 5.74) is 3.88. The molecule has 4 nitrogen and oxygen atoms in total. The molecule has 2 aromatic carbocycles. The number of fused-ring (bicyclic) bond motifs is 2. The number of hydrogen-bond donors (Lipinski definition) is 1. The number of ketones is 2. The van der Waals surface area contributed by atoms with Gasteiger partial charge in [-0.1, -0.05) is 44.0 Å². The van der Waals surface area contributed by atoms with E-state index >= 15 is 0 Å². The lowest BCUT2D eigenvalue weighted by atomic mass is 9.70. The predicted octanol–water partition coefficient (Wildman–Crippen LogP) is 6.87. The number of aliphatic hydroxyl groups is 1. The Morgan fingerprint density at radius 1 is 0.771 bits per heavy atom. The highest BCUT2D eigenvalue weighted by Crippen LogP contribution is 2.49. The number of Topliss-reactive ketones (excluding diaryl/α,β-unsaturated/α-hetero) is 2. The van der Waals surface area contributed by atoms with E-state index in [0.29, 0.717) is 17.7 Å². The van der Waals surface area contributed by atoms with Gasteiger partial charge in [-0.15, -0.1) is 0 Å². The molecule has 2 fully saturated rings. The Bertz CT molecular complexity index is 1140. The fourth-order valence-electron chi connectivity index (χ4n) is 6.63. The smallest absolute Gasteiger partial charge is 0.169 e. The Balaban J connectivity index is 0.000000145. The lowest BCUT2D eigenvalue weighted by Crippen LogP contribution is -2.35. The Labute approximate surface area is 224 Å². The molecule has 4 aliphatic carbocycles. The van der Waals surface area contributed by atoms with Crippen molar-refractivity contribution in [1.82, 2.24) is 0 Å². The Morgan fingerprint density at radius 2 is 1.20 bits per heavy atom. The van der Waals surface area contributed by atoms with Gasteiger partial charge < -0.3 is 9.84 Å². The zero-order valence-electron chi connectivity index (χ0n) is 20.1. The summed E-state index contributed by atoms with van der Waals surface area (Å²) in [7, 11) is 1.77. The van der Waals surface area contributed by atoms with Crippen LogP contribution in [0.5, 0.6) is 0 Å². The highest BCUT2D eigenvalue weighted by atomic mass is 79.9. The van der Waals surface area contributed by atoms with Gasteiger partial charge in [-0.3, -0.25) is 9.59 Å². The molecule has 2 saturated carbocycles. The van der Waals surface area contributed by atoms with E-state index in [1.165, 1.54) is 11.1 Å². The molecule has 0 atom stereocenters. The standard InChI is InChI=1S/C15H17BrO2.C14H15BrO2/c1-18-12-4-6-15(7-5-12)9-10-2-3-11(16)8-13(10)14(15)17;15-10-2-1-9-8-14(13(17)12(9)7-10)5-3-11(16)4-6-14/h2-3,8,12H,4-7,9H2,1H3;1-2,7,11,16H,3-6,8H2. The largest absolute Gasteiger partial charge is 0.393 e. The van der Waals surface area contributed by atoms with Crippen molar-refractivity contribution in [3.8, 4) is 0 Å². The summed E-state index contributed by atoms with van der Waals surface area (Å²) in [5, 5.41) is 9.58. The Hall–Kier alpha value is -1.34. The minimum Gasteiger partial charge on any atom is -0.393 e. The number of halogens is 2.